The molecule has 0 aliphatic carbocycles. The van der Waals surface area contributed by atoms with Crippen LogP contribution >= 0.6 is 0 Å². The van der Waals surface area contributed by atoms with Crippen LogP contribution in [0.5, 0.6) is 11.5 Å². The highest BCUT2D eigenvalue weighted by Crippen LogP contribution is 2.32. The fraction of sp³-hybridized carbons (Fsp3) is 0.462. The summed E-state index contributed by atoms with van der Waals surface area (Å²) in [6, 6.07) is 3.48. The van der Waals surface area contributed by atoms with Crippen molar-refractivity contribution in [3.05, 3.63) is 23.3 Å². The summed E-state index contributed by atoms with van der Waals surface area (Å²) in [5.41, 5.74) is 1.58. The molecule has 0 heterocycles. The standard InChI is InChI=1S/C13H18O4/c1-4-5-10-6-9(8-12(14)17-3)7-11(16-2)13(10)15/h6-7,15H,4-5,8H2,1-3H3. The van der Waals surface area contributed by atoms with Crippen LogP contribution in [-0.2, 0) is 22.4 Å². The highest BCUT2D eigenvalue weighted by Gasteiger charge is 2.12. The van der Waals surface area contributed by atoms with Crippen molar-refractivity contribution in [2.45, 2.75) is 26.2 Å². The number of aromatic hydroxyl groups is 1. The molecule has 0 amide bonds. The van der Waals surface area contributed by atoms with E-state index in [1.165, 1.54) is 14.2 Å². The van der Waals surface area contributed by atoms with Gasteiger partial charge in [0.2, 0.25) is 0 Å². The number of carbonyl (C=O) groups excluding carboxylic acids is 1. The van der Waals surface area contributed by atoms with Crippen LogP contribution < -0.4 is 4.74 Å². The number of esters is 1. The van der Waals surface area contributed by atoms with E-state index in [-0.39, 0.29) is 18.1 Å². The third-order valence-electron chi connectivity index (χ3n) is 2.53. The second kappa shape index (κ2) is 6.13. The van der Waals surface area contributed by atoms with Crippen LogP contribution in [0.2, 0.25) is 0 Å². The van der Waals surface area contributed by atoms with E-state index in [9.17, 15) is 9.90 Å². The number of hydrogen-bond acceptors (Lipinski definition) is 4. The molecule has 0 fully saturated rings. The van der Waals surface area contributed by atoms with Crippen LogP contribution in [-0.4, -0.2) is 25.3 Å². The first-order chi connectivity index (χ1) is 8.12. The number of rotatable bonds is 5. The molecule has 17 heavy (non-hydrogen) atoms. The Labute approximate surface area is 101 Å². The Hall–Kier alpha value is -1.71. The minimum absolute atomic E-state index is 0.156. The molecule has 0 aliphatic heterocycles. The van der Waals surface area contributed by atoms with Gasteiger partial charge in [0.25, 0.3) is 0 Å². The SMILES string of the molecule is CCCc1cc(CC(=O)OC)cc(OC)c1O. The van der Waals surface area contributed by atoms with Crippen molar-refractivity contribution in [1.29, 1.82) is 0 Å². The van der Waals surface area contributed by atoms with Gasteiger partial charge in [-0.05, 0) is 23.6 Å². The van der Waals surface area contributed by atoms with Gasteiger partial charge in [0.15, 0.2) is 11.5 Å². The van der Waals surface area contributed by atoms with E-state index in [0.29, 0.717) is 5.75 Å². The Bertz CT molecular complexity index is 399. The number of carbonyl (C=O) groups is 1. The average Bonchev–Trinajstić information content (AvgIpc) is 2.33. The summed E-state index contributed by atoms with van der Waals surface area (Å²) < 4.78 is 9.70. The molecule has 1 N–H and O–H groups in total. The van der Waals surface area contributed by atoms with Crippen LogP contribution in [0.4, 0.5) is 0 Å². The van der Waals surface area contributed by atoms with Gasteiger partial charge in [-0.1, -0.05) is 19.4 Å². The van der Waals surface area contributed by atoms with Crippen molar-refractivity contribution < 1.29 is 19.4 Å². The van der Waals surface area contributed by atoms with Gasteiger partial charge >= 0.3 is 5.97 Å². The fourth-order valence-electron chi connectivity index (χ4n) is 1.69. The number of methoxy groups -OCH3 is 2. The van der Waals surface area contributed by atoms with E-state index in [1.54, 1.807) is 6.07 Å². The second-order valence-corrected chi connectivity index (χ2v) is 3.81. The van der Waals surface area contributed by atoms with Crippen molar-refractivity contribution >= 4 is 5.97 Å². The van der Waals surface area contributed by atoms with Gasteiger partial charge in [-0.15, -0.1) is 0 Å². The number of phenolic OH excluding ortho intramolecular Hbond substituents is 1. The summed E-state index contributed by atoms with van der Waals surface area (Å²) in [5, 5.41) is 9.89. The normalized spacial score (nSPS) is 10.1. The molecule has 0 bridgehead atoms. The molecule has 0 saturated heterocycles. The topological polar surface area (TPSA) is 55.8 Å². The summed E-state index contributed by atoms with van der Waals surface area (Å²) >= 11 is 0. The molecule has 4 heteroatoms. The molecular weight excluding hydrogens is 220 g/mol. The average molecular weight is 238 g/mol. The van der Waals surface area contributed by atoms with Crippen LogP contribution in [0, 0.1) is 0 Å². The summed E-state index contributed by atoms with van der Waals surface area (Å²) in [6.07, 6.45) is 1.85. The van der Waals surface area contributed by atoms with Crippen molar-refractivity contribution in [2.24, 2.45) is 0 Å². The Kier molecular flexibility index (Phi) is 4.82. The fourth-order valence-corrected chi connectivity index (χ4v) is 1.69. The number of benzene rings is 1. The minimum Gasteiger partial charge on any atom is -0.504 e. The summed E-state index contributed by atoms with van der Waals surface area (Å²) in [7, 11) is 2.85. The van der Waals surface area contributed by atoms with E-state index in [4.69, 9.17) is 4.74 Å². The maximum atomic E-state index is 11.2. The molecule has 0 aliphatic rings. The van der Waals surface area contributed by atoms with Gasteiger partial charge in [-0.3, -0.25) is 4.79 Å². The second-order valence-electron chi connectivity index (χ2n) is 3.81. The third-order valence-corrected chi connectivity index (χ3v) is 2.53. The van der Waals surface area contributed by atoms with Gasteiger partial charge in [-0.2, -0.15) is 0 Å². The molecule has 0 atom stereocenters. The van der Waals surface area contributed by atoms with Gasteiger partial charge in [-0.25, -0.2) is 0 Å². The molecule has 1 rings (SSSR count). The molecular formula is C13H18O4. The van der Waals surface area contributed by atoms with Gasteiger partial charge in [0.05, 0.1) is 20.6 Å². The van der Waals surface area contributed by atoms with Gasteiger partial charge < -0.3 is 14.6 Å². The predicted octanol–water partition coefficient (Wildman–Crippen LogP) is 2.07. The minimum atomic E-state index is -0.305. The lowest BCUT2D eigenvalue weighted by Crippen LogP contribution is -2.05. The first-order valence-electron chi connectivity index (χ1n) is 5.57. The van der Waals surface area contributed by atoms with E-state index in [0.717, 1.165) is 24.0 Å². The molecule has 0 radical (unpaired) electrons. The molecule has 0 unspecified atom stereocenters. The Morgan fingerprint density at radius 3 is 2.59 bits per heavy atom. The predicted molar refractivity (Wildman–Crippen MR) is 64.4 cm³/mol. The molecule has 0 aromatic heterocycles. The molecule has 0 spiro atoms. The zero-order chi connectivity index (χ0) is 12.8. The van der Waals surface area contributed by atoms with Crippen molar-refractivity contribution in [3.8, 4) is 11.5 Å². The van der Waals surface area contributed by atoms with Crippen molar-refractivity contribution in [1.82, 2.24) is 0 Å². The Morgan fingerprint density at radius 1 is 1.35 bits per heavy atom. The molecule has 94 valence electrons. The zero-order valence-electron chi connectivity index (χ0n) is 10.4. The third kappa shape index (κ3) is 3.37. The summed E-state index contributed by atoms with van der Waals surface area (Å²) in [6.45, 7) is 2.03. The number of hydrogen-bond donors (Lipinski definition) is 1. The number of ether oxygens (including phenoxy) is 2. The van der Waals surface area contributed by atoms with E-state index in [2.05, 4.69) is 4.74 Å². The molecule has 1 aromatic carbocycles. The van der Waals surface area contributed by atoms with Crippen molar-refractivity contribution in [3.63, 3.8) is 0 Å². The lowest BCUT2D eigenvalue weighted by atomic mass is 10.0. The highest BCUT2D eigenvalue weighted by molar-refractivity contribution is 5.73. The summed E-state index contributed by atoms with van der Waals surface area (Å²) in [5.74, 6) is 0.248. The molecule has 4 nitrogen and oxygen atoms in total. The Balaban J connectivity index is 3.06. The lowest BCUT2D eigenvalue weighted by Gasteiger charge is -2.11. The maximum Gasteiger partial charge on any atom is 0.309 e. The smallest absolute Gasteiger partial charge is 0.309 e. The van der Waals surface area contributed by atoms with Crippen molar-refractivity contribution in [2.75, 3.05) is 14.2 Å². The van der Waals surface area contributed by atoms with Gasteiger partial charge in [0, 0.05) is 0 Å². The first-order valence-corrected chi connectivity index (χ1v) is 5.57. The van der Waals surface area contributed by atoms with Crippen LogP contribution in [0.1, 0.15) is 24.5 Å². The van der Waals surface area contributed by atoms with E-state index >= 15 is 0 Å². The molecule has 1 aromatic rings. The maximum absolute atomic E-state index is 11.2. The highest BCUT2D eigenvalue weighted by atomic mass is 16.5. The van der Waals surface area contributed by atoms with Crippen LogP contribution in [0.3, 0.4) is 0 Å². The van der Waals surface area contributed by atoms with E-state index < -0.39 is 0 Å². The summed E-state index contributed by atoms with van der Waals surface area (Å²) in [4.78, 5) is 11.2. The first kappa shape index (κ1) is 13.4. The lowest BCUT2D eigenvalue weighted by molar-refractivity contribution is -0.139. The zero-order valence-corrected chi connectivity index (χ0v) is 10.4. The number of phenols is 1. The van der Waals surface area contributed by atoms with E-state index in [1.807, 2.05) is 13.0 Å². The van der Waals surface area contributed by atoms with Crippen LogP contribution in [0.25, 0.3) is 0 Å². The Morgan fingerprint density at radius 2 is 2.06 bits per heavy atom. The number of aryl methyl sites for hydroxylation is 1. The van der Waals surface area contributed by atoms with Gasteiger partial charge in [0.1, 0.15) is 0 Å². The largest absolute Gasteiger partial charge is 0.504 e. The van der Waals surface area contributed by atoms with Crippen LogP contribution in [0.15, 0.2) is 12.1 Å². The molecule has 0 saturated carbocycles. The quantitative estimate of drug-likeness (QED) is 0.798. The monoisotopic (exact) mass is 238 g/mol.